The second-order valence-electron chi connectivity index (χ2n) is 3.66. The highest BCUT2D eigenvalue weighted by Crippen LogP contribution is 2.38. The lowest BCUT2D eigenvalue weighted by atomic mass is 10.2. The summed E-state index contributed by atoms with van der Waals surface area (Å²) in [5, 5.41) is 0.0782. The Bertz CT molecular complexity index is 449. The van der Waals surface area contributed by atoms with E-state index < -0.39 is 0 Å². The molecule has 1 aromatic carbocycles. The van der Waals surface area contributed by atoms with Gasteiger partial charge in [0.2, 0.25) is 5.91 Å². The second kappa shape index (κ2) is 5.52. The highest BCUT2D eigenvalue weighted by atomic mass is 32.2. The number of amides is 1. The third-order valence-electron chi connectivity index (χ3n) is 2.63. The molecule has 1 aromatic rings. The molecule has 1 heterocycles. The van der Waals surface area contributed by atoms with Crippen molar-refractivity contribution in [3.8, 4) is 12.3 Å². The highest BCUT2D eigenvalue weighted by molar-refractivity contribution is 8.00. The van der Waals surface area contributed by atoms with Gasteiger partial charge in [-0.3, -0.25) is 4.79 Å². The molecule has 0 aromatic heterocycles. The van der Waals surface area contributed by atoms with Crippen LogP contribution in [0.2, 0.25) is 0 Å². The van der Waals surface area contributed by atoms with E-state index in [1.165, 1.54) is 4.90 Å². The third kappa shape index (κ3) is 2.62. The molecule has 0 saturated carbocycles. The maximum Gasteiger partial charge on any atom is 0.234 e. The first-order chi connectivity index (χ1) is 8.26. The van der Waals surface area contributed by atoms with E-state index in [4.69, 9.17) is 6.42 Å². The zero-order chi connectivity index (χ0) is 12.3. The Kier molecular flexibility index (Phi) is 4.03. The van der Waals surface area contributed by atoms with Gasteiger partial charge in [0.05, 0.1) is 12.3 Å². The summed E-state index contributed by atoms with van der Waals surface area (Å²) in [5.41, 5.74) is 1.15. The molecule has 1 amide bonds. The van der Waals surface area contributed by atoms with Gasteiger partial charge in [-0.15, -0.1) is 29.9 Å². The first-order valence-corrected chi connectivity index (χ1v) is 7.52. The minimum atomic E-state index is 0.0782. The van der Waals surface area contributed by atoms with Gasteiger partial charge in [0.25, 0.3) is 0 Å². The van der Waals surface area contributed by atoms with Gasteiger partial charge in [-0.25, -0.2) is 0 Å². The predicted octanol–water partition coefficient (Wildman–Crippen LogP) is 2.62. The third-order valence-corrected chi connectivity index (χ3v) is 4.63. The van der Waals surface area contributed by atoms with Crippen LogP contribution in [0.15, 0.2) is 29.2 Å². The molecule has 1 saturated heterocycles. The molecule has 4 heteroatoms. The monoisotopic (exact) mass is 263 g/mol. The van der Waals surface area contributed by atoms with Gasteiger partial charge in [-0.05, 0) is 24.0 Å². The van der Waals surface area contributed by atoms with Crippen molar-refractivity contribution in [3.05, 3.63) is 29.8 Å². The molecule has 1 atom stereocenters. The van der Waals surface area contributed by atoms with Crippen LogP contribution in [-0.2, 0) is 4.79 Å². The van der Waals surface area contributed by atoms with Crippen LogP contribution in [0.3, 0.4) is 0 Å². The molecule has 17 heavy (non-hydrogen) atoms. The van der Waals surface area contributed by atoms with Gasteiger partial charge >= 0.3 is 0 Å². The summed E-state index contributed by atoms with van der Waals surface area (Å²) < 4.78 is 0. The molecule has 2 nitrogen and oxygen atoms in total. The Balaban J connectivity index is 2.20. The Labute approximate surface area is 110 Å². The van der Waals surface area contributed by atoms with E-state index in [1.807, 2.05) is 6.26 Å². The Hall–Kier alpha value is -1.05. The van der Waals surface area contributed by atoms with Crippen LogP contribution in [0.5, 0.6) is 0 Å². The fraction of sp³-hybridized carbons (Fsp3) is 0.308. The summed E-state index contributed by atoms with van der Waals surface area (Å²) in [6, 6.07) is 8.31. The van der Waals surface area contributed by atoms with Crippen molar-refractivity contribution >= 4 is 29.4 Å². The van der Waals surface area contributed by atoms with Crippen molar-refractivity contribution in [2.45, 2.75) is 10.3 Å². The molecular weight excluding hydrogens is 250 g/mol. The van der Waals surface area contributed by atoms with Gasteiger partial charge in [0.1, 0.15) is 5.37 Å². The number of hydrogen-bond donors (Lipinski definition) is 0. The average molecular weight is 263 g/mol. The zero-order valence-electron chi connectivity index (χ0n) is 9.55. The van der Waals surface area contributed by atoms with Crippen molar-refractivity contribution in [3.63, 3.8) is 0 Å². The molecule has 1 aliphatic heterocycles. The minimum absolute atomic E-state index is 0.0782. The SMILES string of the molecule is C#CCN1C(=O)CSC1c1ccc(SC)cc1. The van der Waals surface area contributed by atoms with E-state index in [-0.39, 0.29) is 11.3 Å². The summed E-state index contributed by atoms with van der Waals surface area (Å²) in [7, 11) is 0. The molecule has 88 valence electrons. The van der Waals surface area contributed by atoms with Crippen LogP contribution in [0.25, 0.3) is 0 Å². The largest absolute Gasteiger partial charge is 0.315 e. The lowest BCUT2D eigenvalue weighted by Gasteiger charge is -2.21. The molecule has 0 bridgehead atoms. The number of benzene rings is 1. The van der Waals surface area contributed by atoms with E-state index in [0.717, 1.165) is 5.56 Å². The smallest absolute Gasteiger partial charge is 0.234 e. The van der Waals surface area contributed by atoms with Crippen molar-refractivity contribution in [2.24, 2.45) is 0 Å². The maximum atomic E-state index is 11.7. The lowest BCUT2D eigenvalue weighted by molar-refractivity contribution is -0.127. The lowest BCUT2D eigenvalue weighted by Crippen LogP contribution is -2.28. The average Bonchev–Trinajstić information content (AvgIpc) is 2.72. The van der Waals surface area contributed by atoms with Crippen LogP contribution >= 0.6 is 23.5 Å². The molecule has 0 spiro atoms. The zero-order valence-corrected chi connectivity index (χ0v) is 11.2. The molecule has 1 aliphatic rings. The number of thioether (sulfide) groups is 2. The number of terminal acetylenes is 1. The van der Waals surface area contributed by atoms with Crippen molar-refractivity contribution in [2.75, 3.05) is 18.6 Å². The number of carbonyl (C=O) groups excluding carboxylic acids is 1. The van der Waals surface area contributed by atoms with Crippen molar-refractivity contribution in [1.29, 1.82) is 0 Å². The Morgan fingerprint density at radius 2 is 2.24 bits per heavy atom. The van der Waals surface area contributed by atoms with Gasteiger partial charge in [0.15, 0.2) is 0 Å². The molecular formula is C13H13NOS2. The highest BCUT2D eigenvalue weighted by Gasteiger charge is 2.31. The molecule has 0 aliphatic carbocycles. The molecule has 2 rings (SSSR count). The summed E-state index contributed by atoms with van der Waals surface area (Å²) in [4.78, 5) is 14.7. The van der Waals surface area contributed by atoms with E-state index in [2.05, 4.69) is 30.2 Å². The first kappa shape index (κ1) is 12.4. The molecule has 1 fully saturated rings. The molecule has 0 N–H and O–H groups in total. The summed E-state index contributed by atoms with van der Waals surface area (Å²) in [5.74, 6) is 3.21. The van der Waals surface area contributed by atoms with Gasteiger partial charge in [-0.1, -0.05) is 18.1 Å². The normalized spacial score (nSPS) is 19.4. The second-order valence-corrected chi connectivity index (χ2v) is 5.61. The van der Waals surface area contributed by atoms with Gasteiger partial charge in [0, 0.05) is 4.90 Å². The fourth-order valence-corrected chi connectivity index (χ4v) is 3.36. The Morgan fingerprint density at radius 1 is 1.53 bits per heavy atom. The van der Waals surface area contributed by atoms with Crippen LogP contribution in [-0.4, -0.2) is 29.4 Å². The van der Waals surface area contributed by atoms with Crippen molar-refractivity contribution in [1.82, 2.24) is 4.90 Å². The van der Waals surface area contributed by atoms with E-state index in [0.29, 0.717) is 12.3 Å². The van der Waals surface area contributed by atoms with E-state index >= 15 is 0 Å². The number of rotatable bonds is 3. The fourth-order valence-electron chi connectivity index (χ4n) is 1.77. The summed E-state index contributed by atoms with van der Waals surface area (Å²) >= 11 is 3.35. The minimum Gasteiger partial charge on any atom is -0.315 e. The summed E-state index contributed by atoms with van der Waals surface area (Å²) in [6.45, 7) is 0.390. The van der Waals surface area contributed by atoms with E-state index in [9.17, 15) is 4.79 Å². The maximum absolute atomic E-state index is 11.7. The van der Waals surface area contributed by atoms with Crippen LogP contribution in [0.1, 0.15) is 10.9 Å². The molecule has 0 radical (unpaired) electrons. The molecule has 1 unspecified atom stereocenters. The standard InChI is InChI=1S/C13H13NOS2/c1-3-8-14-12(15)9-17-13(14)10-4-6-11(16-2)7-5-10/h1,4-7,13H,8-9H2,2H3. The van der Waals surface area contributed by atoms with Crippen LogP contribution in [0.4, 0.5) is 0 Å². The Morgan fingerprint density at radius 3 is 2.82 bits per heavy atom. The number of carbonyl (C=O) groups is 1. The predicted molar refractivity (Wildman–Crippen MR) is 74.0 cm³/mol. The van der Waals surface area contributed by atoms with Gasteiger partial charge < -0.3 is 4.90 Å². The number of nitrogens with zero attached hydrogens (tertiary/aromatic N) is 1. The topological polar surface area (TPSA) is 20.3 Å². The van der Waals surface area contributed by atoms with Crippen LogP contribution in [0, 0.1) is 12.3 Å². The van der Waals surface area contributed by atoms with Crippen molar-refractivity contribution < 1.29 is 4.79 Å². The first-order valence-electron chi connectivity index (χ1n) is 5.24. The summed E-state index contributed by atoms with van der Waals surface area (Å²) in [6.07, 6.45) is 7.35. The van der Waals surface area contributed by atoms with Crippen LogP contribution < -0.4 is 0 Å². The van der Waals surface area contributed by atoms with Gasteiger partial charge in [-0.2, -0.15) is 0 Å². The van der Waals surface area contributed by atoms with E-state index in [1.54, 1.807) is 28.4 Å². The quantitative estimate of drug-likeness (QED) is 0.617. The number of hydrogen-bond acceptors (Lipinski definition) is 3.